The number of rotatable bonds is 4. The quantitative estimate of drug-likeness (QED) is 0.761. The molecule has 2 aromatic heterocycles. The number of carbonyl (C=O) groups excluding carboxylic acids is 1. The molecular weight excluding hydrogens is 316 g/mol. The van der Waals surface area contributed by atoms with E-state index in [1.807, 2.05) is 36.4 Å². The summed E-state index contributed by atoms with van der Waals surface area (Å²) in [5.74, 6) is 0.889. The molecule has 0 saturated heterocycles. The Morgan fingerprint density at radius 2 is 2.00 bits per heavy atom. The number of nitrogens with one attached hydrogen (secondary N) is 1. The molecule has 128 valence electrons. The Labute approximate surface area is 145 Å². The van der Waals surface area contributed by atoms with E-state index in [1.165, 1.54) is 6.33 Å². The predicted molar refractivity (Wildman–Crippen MR) is 94.8 cm³/mol. The van der Waals surface area contributed by atoms with E-state index in [4.69, 9.17) is 5.73 Å². The van der Waals surface area contributed by atoms with Gasteiger partial charge in [0.2, 0.25) is 5.91 Å². The number of hydrogen-bond donors (Lipinski definition) is 2. The molecule has 4 rings (SSSR count). The van der Waals surface area contributed by atoms with E-state index in [9.17, 15) is 4.79 Å². The van der Waals surface area contributed by atoms with Gasteiger partial charge in [-0.3, -0.25) is 4.79 Å². The van der Waals surface area contributed by atoms with Gasteiger partial charge < -0.3 is 11.1 Å². The van der Waals surface area contributed by atoms with Crippen LogP contribution in [0.5, 0.6) is 0 Å². The fraction of sp³-hybridized carbons (Fsp3) is 0.333. The maximum atomic E-state index is 11.8. The third kappa shape index (κ3) is 3.05. The van der Waals surface area contributed by atoms with Crippen LogP contribution in [0.15, 0.2) is 42.7 Å². The highest BCUT2D eigenvalue weighted by molar-refractivity contribution is 5.78. The molecule has 0 bridgehead atoms. The van der Waals surface area contributed by atoms with E-state index in [0.717, 1.165) is 42.8 Å². The normalized spacial score (nSPS) is 20.5. The fourth-order valence-electron chi connectivity index (χ4n) is 3.51. The molecule has 1 aliphatic rings. The molecule has 0 spiro atoms. The molecule has 25 heavy (non-hydrogen) atoms. The van der Waals surface area contributed by atoms with Gasteiger partial charge in [0.25, 0.3) is 5.78 Å². The van der Waals surface area contributed by atoms with Gasteiger partial charge in [0.1, 0.15) is 12.1 Å². The summed E-state index contributed by atoms with van der Waals surface area (Å²) in [5, 5.41) is 7.72. The molecule has 0 aliphatic heterocycles. The predicted octanol–water partition coefficient (Wildman–Crippen LogP) is 2.25. The minimum Gasteiger partial charge on any atom is -0.369 e. The summed E-state index contributed by atoms with van der Waals surface area (Å²) < 4.78 is 1.67. The third-order valence-electron chi connectivity index (χ3n) is 4.79. The Balaban J connectivity index is 1.73. The SMILES string of the molecule is NC(=O)C1CCCCC1Nc1cc(-c2ccccc2)nc2ncnn12. The minimum atomic E-state index is -0.246. The molecule has 1 fully saturated rings. The summed E-state index contributed by atoms with van der Waals surface area (Å²) in [5.41, 5.74) is 7.42. The highest BCUT2D eigenvalue weighted by atomic mass is 16.1. The van der Waals surface area contributed by atoms with Crippen LogP contribution >= 0.6 is 0 Å². The van der Waals surface area contributed by atoms with E-state index in [0.29, 0.717) is 5.78 Å². The number of anilines is 1. The first-order valence-corrected chi connectivity index (χ1v) is 8.54. The molecule has 1 amide bonds. The zero-order valence-electron chi connectivity index (χ0n) is 13.8. The molecule has 2 heterocycles. The van der Waals surface area contributed by atoms with Crippen LogP contribution < -0.4 is 11.1 Å². The number of carbonyl (C=O) groups is 1. The number of nitrogens with zero attached hydrogens (tertiary/aromatic N) is 4. The summed E-state index contributed by atoms with van der Waals surface area (Å²) in [7, 11) is 0. The molecule has 1 aromatic carbocycles. The number of amides is 1. The van der Waals surface area contributed by atoms with Crippen molar-refractivity contribution in [2.45, 2.75) is 31.7 Å². The van der Waals surface area contributed by atoms with Crippen LogP contribution in [0, 0.1) is 5.92 Å². The molecule has 2 atom stereocenters. The summed E-state index contributed by atoms with van der Waals surface area (Å²) in [4.78, 5) is 20.6. The average Bonchev–Trinajstić information content (AvgIpc) is 3.11. The van der Waals surface area contributed by atoms with Crippen LogP contribution in [0.4, 0.5) is 5.82 Å². The van der Waals surface area contributed by atoms with Crippen molar-refractivity contribution in [2.24, 2.45) is 11.7 Å². The van der Waals surface area contributed by atoms with Gasteiger partial charge in [0.05, 0.1) is 11.6 Å². The highest BCUT2D eigenvalue weighted by Crippen LogP contribution is 2.28. The lowest BCUT2D eigenvalue weighted by molar-refractivity contribution is -0.122. The van der Waals surface area contributed by atoms with E-state index in [2.05, 4.69) is 20.4 Å². The van der Waals surface area contributed by atoms with Gasteiger partial charge >= 0.3 is 0 Å². The molecule has 3 aromatic rings. The van der Waals surface area contributed by atoms with Gasteiger partial charge in [-0.1, -0.05) is 43.2 Å². The summed E-state index contributed by atoms with van der Waals surface area (Å²) in [6.45, 7) is 0. The zero-order chi connectivity index (χ0) is 17.2. The lowest BCUT2D eigenvalue weighted by Gasteiger charge is -2.30. The number of benzene rings is 1. The van der Waals surface area contributed by atoms with E-state index < -0.39 is 0 Å². The fourth-order valence-corrected chi connectivity index (χ4v) is 3.51. The van der Waals surface area contributed by atoms with Crippen LogP contribution in [0.3, 0.4) is 0 Å². The highest BCUT2D eigenvalue weighted by Gasteiger charge is 2.30. The van der Waals surface area contributed by atoms with Crippen LogP contribution in [-0.4, -0.2) is 31.5 Å². The van der Waals surface area contributed by atoms with Gasteiger partial charge in [-0.15, -0.1) is 0 Å². The summed E-state index contributed by atoms with van der Waals surface area (Å²) in [6, 6.07) is 11.9. The molecular formula is C18H20N6O. The van der Waals surface area contributed by atoms with Gasteiger partial charge in [0.15, 0.2) is 0 Å². The molecule has 3 N–H and O–H groups in total. The molecule has 1 saturated carbocycles. The molecule has 1 aliphatic carbocycles. The molecule has 2 unspecified atom stereocenters. The Hall–Kier alpha value is -2.96. The first kappa shape index (κ1) is 15.6. The Kier molecular flexibility index (Phi) is 4.05. The van der Waals surface area contributed by atoms with Crippen molar-refractivity contribution < 1.29 is 4.79 Å². The summed E-state index contributed by atoms with van der Waals surface area (Å²) in [6.07, 6.45) is 5.33. The minimum absolute atomic E-state index is 0.00433. The smallest absolute Gasteiger partial charge is 0.254 e. The van der Waals surface area contributed by atoms with E-state index in [1.54, 1.807) is 4.52 Å². The van der Waals surface area contributed by atoms with Crippen LogP contribution in [0.1, 0.15) is 25.7 Å². The molecule has 7 nitrogen and oxygen atoms in total. The van der Waals surface area contributed by atoms with Gasteiger partial charge in [-0.05, 0) is 12.8 Å². The second-order valence-electron chi connectivity index (χ2n) is 6.41. The first-order chi connectivity index (χ1) is 12.2. The number of hydrogen-bond acceptors (Lipinski definition) is 5. The average molecular weight is 336 g/mol. The second kappa shape index (κ2) is 6.51. The maximum Gasteiger partial charge on any atom is 0.254 e. The van der Waals surface area contributed by atoms with Crippen molar-refractivity contribution >= 4 is 17.5 Å². The zero-order valence-corrected chi connectivity index (χ0v) is 13.8. The third-order valence-corrected chi connectivity index (χ3v) is 4.79. The number of aromatic nitrogens is 4. The van der Waals surface area contributed by atoms with Crippen molar-refractivity contribution in [1.29, 1.82) is 0 Å². The molecule has 0 radical (unpaired) electrons. The van der Waals surface area contributed by atoms with Crippen LogP contribution in [-0.2, 0) is 4.79 Å². The van der Waals surface area contributed by atoms with Crippen molar-refractivity contribution in [3.8, 4) is 11.3 Å². The van der Waals surface area contributed by atoms with Gasteiger partial charge in [-0.2, -0.15) is 14.6 Å². The lowest BCUT2D eigenvalue weighted by atomic mass is 9.84. The largest absolute Gasteiger partial charge is 0.369 e. The van der Waals surface area contributed by atoms with Crippen molar-refractivity contribution in [3.05, 3.63) is 42.7 Å². The summed E-state index contributed by atoms with van der Waals surface area (Å²) >= 11 is 0. The Morgan fingerprint density at radius 3 is 2.80 bits per heavy atom. The van der Waals surface area contributed by atoms with Crippen molar-refractivity contribution in [3.63, 3.8) is 0 Å². The number of primary amides is 1. The second-order valence-corrected chi connectivity index (χ2v) is 6.41. The van der Waals surface area contributed by atoms with E-state index in [-0.39, 0.29) is 17.9 Å². The van der Waals surface area contributed by atoms with Crippen molar-refractivity contribution in [2.75, 3.05) is 5.32 Å². The Morgan fingerprint density at radius 1 is 1.20 bits per heavy atom. The van der Waals surface area contributed by atoms with Gasteiger partial charge in [0, 0.05) is 17.7 Å². The monoisotopic (exact) mass is 336 g/mol. The Bertz CT molecular complexity index is 891. The molecule has 7 heteroatoms. The van der Waals surface area contributed by atoms with Crippen LogP contribution in [0.25, 0.3) is 17.0 Å². The number of fused-ring (bicyclic) bond motifs is 1. The topological polar surface area (TPSA) is 98.2 Å². The standard InChI is InChI=1S/C18H20N6O/c19-17(25)13-8-4-5-9-14(13)22-16-10-15(12-6-2-1-3-7-12)23-18-20-11-21-24(16)18/h1-3,6-7,10-11,13-14,22H,4-5,8-9H2,(H2,19,25). The van der Waals surface area contributed by atoms with E-state index >= 15 is 0 Å². The van der Waals surface area contributed by atoms with Crippen LogP contribution in [0.2, 0.25) is 0 Å². The van der Waals surface area contributed by atoms with Crippen molar-refractivity contribution in [1.82, 2.24) is 19.6 Å². The first-order valence-electron chi connectivity index (χ1n) is 8.54. The van der Waals surface area contributed by atoms with Gasteiger partial charge in [-0.25, -0.2) is 4.98 Å². The lowest BCUT2D eigenvalue weighted by Crippen LogP contribution is -2.40. The number of nitrogens with two attached hydrogens (primary N) is 1. The maximum absolute atomic E-state index is 11.8.